The summed E-state index contributed by atoms with van der Waals surface area (Å²) < 4.78 is 5.92. The lowest BCUT2D eigenvalue weighted by molar-refractivity contribution is -0.121. The van der Waals surface area contributed by atoms with Crippen molar-refractivity contribution in [1.29, 1.82) is 0 Å². The first-order valence-electron chi connectivity index (χ1n) is 9.65. The molecule has 31 heavy (non-hydrogen) atoms. The van der Waals surface area contributed by atoms with E-state index in [0.717, 1.165) is 16.9 Å². The van der Waals surface area contributed by atoms with Crippen LogP contribution in [0.4, 0.5) is 5.69 Å². The second-order valence-electron chi connectivity index (χ2n) is 7.03. The fraction of sp³-hybridized carbons (Fsp3) is 0.125. The molecule has 0 bridgehead atoms. The van der Waals surface area contributed by atoms with Crippen molar-refractivity contribution >= 4 is 46.2 Å². The van der Waals surface area contributed by atoms with Crippen molar-refractivity contribution in [1.82, 2.24) is 9.88 Å². The number of nitrogens with zero attached hydrogens (tertiary/aromatic N) is 3. The summed E-state index contributed by atoms with van der Waals surface area (Å²) in [4.78, 5) is 23.3. The Morgan fingerprint density at radius 1 is 1.16 bits per heavy atom. The molecule has 0 aliphatic carbocycles. The van der Waals surface area contributed by atoms with E-state index in [0.29, 0.717) is 27.5 Å². The van der Waals surface area contributed by atoms with Crippen LogP contribution in [0.3, 0.4) is 0 Å². The minimum atomic E-state index is -0.116. The van der Waals surface area contributed by atoms with E-state index >= 15 is 0 Å². The zero-order chi connectivity index (χ0) is 21.8. The van der Waals surface area contributed by atoms with Crippen molar-refractivity contribution in [3.05, 3.63) is 93.6 Å². The van der Waals surface area contributed by atoms with Crippen molar-refractivity contribution in [2.45, 2.75) is 13.5 Å². The summed E-state index contributed by atoms with van der Waals surface area (Å²) >= 11 is 7.40. The predicted octanol–water partition coefficient (Wildman–Crippen LogP) is 5.86. The van der Waals surface area contributed by atoms with Crippen LogP contribution >= 0.6 is 23.4 Å². The van der Waals surface area contributed by atoms with Crippen molar-refractivity contribution in [2.75, 3.05) is 7.05 Å². The zero-order valence-electron chi connectivity index (χ0n) is 17.1. The van der Waals surface area contributed by atoms with Gasteiger partial charge in [-0.1, -0.05) is 53.6 Å². The highest BCUT2D eigenvalue weighted by molar-refractivity contribution is 8.18. The Hall–Kier alpha value is -3.09. The highest BCUT2D eigenvalue weighted by atomic mass is 35.5. The normalized spacial score (nSPS) is 16.4. The van der Waals surface area contributed by atoms with Crippen LogP contribution in [-0.4, -0.2) is 28.0 Å². The summed E-state index contributed by atoms with van der Waals surface area (Å²) in [5.41, 5.74) is 3.73. The number of hydrogen-bond acceptors (Lipinski definition) is 5. The number of amides is 1. The Kier molecular flexibility index (Phi) is 6.39. The minimum absolute atomic E-state index is 0.116. The quantitative estimate of drug-likeness (QED) is 0.362. The second-order valence-corrected chi connectivity index (χ2v) is 8.40. The van der Waals surface area contributed by atoms with Gasteiger partial charge in [-0.3, -0.25) is 9.69 Å². The Morgan fingerprint density at radius 2 is 1.97 bits per heavy atom. The molecule has 3 aromatic rings. The van der Waals surface area contributed by atoms with Gasteiger partial charge in [0.15, 0.2) is 10.3 Å². The predicted molar refractivity (Wildman–Crippen MR) is 127 cm³/mol. The average Bonchev–Trinajstić information content (AvgIpc) is 3.03. The molecule has 2 aromatic carbocycles. The number of pyridine rings is 1. The van der Waals surface area contributed by atoms with E-state index in [4.69, 9.17) is 16.3 Å². The third-order valence-electron chi connectivity index (χ3n) is 4.64. The number of hydrogen-bond donors (Lipinski definition) is 0. The van der Waals surface area contributed by atoms with E-state index in [1.807, 2.05) is 30.3 Å². The number of carbonyl (C=O) groups excluding carboxylic acids is 1. The molecule has 5 nitrogen and oxygen atoms in total. The molecule has 0 unspecified atom stereocenters. The molecule has 1 amide bonds. The molecule has 2 heterocycles. The van der Waals surface area contributed by atoms with Crippen molar-refractivity contribution in [2.24, 2.45) is 4.99 Å². The summed E-state index contributed by atoms with van der Waals surface area (Å²) in [7, 11) is 1.69. The lowest BCUT2D eigenvalue weighted by atomic mass is 10.1. The SMILES string of the molecule is Cc1ccc(COc2cccc(/C=C3\SC(=Nc4cccnc4Cl)N(C)C3=O)c2)cc1. The number of amidine groups is 1. The van der Waals surface area contributed by atoms with Gasteiger partial charge in [0.2, 0.25) is 0 Å². The van der Waals surface area contributed by atoms with E-state index in [1.54, 1.807) is 25.4 Å². The number of aromatic nitrogens is 1. The fourth-order valence-corrected chi connectivity index (χ4v) is 4.05. The smallest absolute Gasteiger partial charge is 0.266 e. The molecular formula is C24H20ClN3O2S. The Balaban J connectivity index is 1.50. The van der Waals surface area contributed by atoms with Gasteiger partial charge >= 0.3 is 0 Å². The molecule has 1 aliphatic heterocycles. The number of aryl methyl sites for hydroxylation is 1. The molecule has 0 radical (unpaired) electrons. The molecule has 156 valence electrons. The van der Waals surface area contributed by atoms with Crippen LogP contribution in [0.1, 0.15) is 16.7 Å². The minimum Gasteiger partial charge on any atom is -0.489 e. The molecule has 1 saturated heterocycles. The molecule has 0 saturated carbocycles. The van der Waals surface area contributed by atoms with E-state index in [2.05, 4.69) is 41.2 Å². The maximum absolute atomic E-state index is 12.7. The van der Waals surface area contributed by atoms with E-state index in [9.17, 15) is 4.79 Å². The summed E-state index contributed by atoms with van der Waals surface area (Å²) in [6.45, 7) is 2.54. The van der Waals surface area contributed by atoms with Crippen LogP contribution in [0.2, 0.25) is 5.15 Å². The fourth-order valence-electron chi connectivity index (χ4n) is 2.91. The zero-order valence-corrected chi connectivity index (χ0v) is 18.7. The molecule has 0 spiro atoms. The summed E-state index contributed by atoms with van der Waals surface area (Å²) in [6.07, 6.45) is 3.44. The van der Waals surface area contributed by atoms with Gasteiger partial charge in [-0.15, -0.1) is 0 Å². The van der Waals surface area contributed by atoms with Gasteiger partial charge in [0.05, 0.1) is 4.91 Å². The standard InChI is InChI=1S/C24H20ClN3O2S/c1-16-8-10-17(11-9-16)15-30-19-6-3-5-18(13-19)14-21-23(29)28(2)24(31-21)27-20-7-4-12-26-22(20)25/h3-14H,15H2,1-2H3/b21-14-,27-24?. The van der Waals surface area contributed by atoms with Gasteiger partial charge in [-0.25, -0.2) is 9.98 Å². The van der Waals surface area contributed by atoms with Crippen LogP contribution in [0.5, 0.6) is 5.75 Å². The number of halogens is 1. The Labute approximate surface area is 190 Å². The van der Waals surface area contributed by atoms with E-state index in [1.165, 1.54) is 22.2 Å². The molecule has 7 heteroatoms. The van der Waals surface area contributed by atoms with Gasteiger partial charge in [-0.05, 0) is 60.2 Å². The molecule has 1 aromatic heterocycles. The van der Waals surface area contributed by atoms with Crippen molar-refractivity contribution in [3.63, 3.8) is 0 Å². The maximum atomic E-state index is 12.7. The molecular weight excluding hydrogens is 430 g/mol. The van der Waals surface area contributed by atoms with E-state index in [-0.39, 0.29) is 5.91 Å². The third kappa shape index (κ3) is 5.16. The van der Waals surface area contributed by atoms with Gasteiger partial charge in [0, 0.05) is 13.2 Å². The number of carbonyl (C=O) groups is 1. The van der Waals surface area contributed by atoms with Gasteiger partial charge in [0.1, 0.15) is 18.0 Å². The summed E-state index contributed by atoms with van der Waals surface area (Å²) in [6, 6.07) is 19.4. The van der Waals surface area contributed by atoms with Crippen molar-refractivity contribution in [3.8, 4) is 5.75 Å². The topological polar surface area (TPSA) is 54.8 Å². The number of likely N-dealkylation sites (N-methyl/N-ethyl adjacent to an activating group) is 1. The van der Waals surface area contributed by atoms with Crippen LogP contribution in [0.25, 0.3) is 6.08 Å². The number of thioether (sulfide) groups is 1. The van der Waals surface area contributed by atoms with Gasteiger partial charge in [0.25, 0.3) is 5.91 Å². The highest BCUT2D eigenvalue weighted by Crippen LogP contribution is 2.34. The largest absolute Gasteiger partial charge is 0.489 e. The molecule has 0 atom stereocenters. The lowest BCUT2D eigenvalue weighted by Gasteiger charge is -2.08. The Morgan fingerprint density at radius 3 is 2.74 bits per heavy atom. The Bertz CT molecular complexity index is 1180. The first-order valence-corrected chi connectivity index (χ1v) is 10.8. The van der Waals surface area contributed by atoms with Gasteiger partial charge < -0.3 is 4.74 Å². The first kappa shape index (κ1) is 21.2. The third-order valence-corrected chi connectivity index (χ3v) is 5.99. The lowest BCUT2D eigenvalue weighted by Crippen LogP contribution is -2.23. The highest BCUT2D eigenvalue weighted by Gasteiger charge is 2.30. The van der Waals surface area contributed by atoms with Crippen LogP contribution in [-0.2, 0) is 11.4 Å². The van der Waals surface area contributed by atoms with E-state index < -0.39 is 0 Å². The number of benzene rings is 2. The van der Waals surface area contributed by atoms with Crippen molar-refractivity contribution < 1.29 is 9.53 Å². The summed E-state index contributed by atoms with van der Waals surface area (Å²) in [5.74, 6) is 0.629. The van der Waals surface area contributed by atoms with Crippen LogP contribution < -0.4 is 4.74 Å². The number of ether oxygens (including phenoxy) is 1. The van der Waals surface area contributed by atoms with Gasteiger partial charge in [-0.2, -0.15) is 0 Å². The van der Waals surface area contributed by atoms with Crippen LogP contribution in [0, 0.1) is 6.92 Å². The maximum Gasteiger partial charge on any atom is 0.266 e. The number of aliphatic imine (C=N–C) groups is 1. The first-order chi connectivity index (χ1) is 15.0. The second kappa shape index (κ2) is 9.37. The molecule has 4 rings (SSSR count). The molecule has 1 fully saturated rings. The summed E-state index contributed by atoms with van der Waals surface area (Å²) in [5, 5.41) is 0.852. The number of rotatable bonds is 5. The van der Waals surface area contributed by atoms with Crippen LogP contribution in [0.15, 0.2) is 76.8 Å². The molecule has 0 N–H and O–H groups in total. The average molecular weight is 450 g/mol. The molecule has 1 aliphatic rings. The monoisotopic (exact) mass is 449 g/mol.